The van der Waals surface area contributed by atoms with Gasteiger partial charge < -0.3 is 19.6 Å². The van der Waals surface area contributed by atoms with Gasteiger partial charge in [0.25, 0.3) is 11.7 Å². The number of pyridine rings is 1. The van der Waals surface area contributed by atoms with Crippen LogP contribution >= 0.6 is 0 Å². The Bertz CT molecular complexity index is 925. The van der Waals surface area contributed by atoms with E-state index in [2.05, 4.69) is 4.98 Å². The molecule has 0 aliphatic carbocycles. The largest absolute Gasteiger partial charge is 0.507 e. The van der Waals surface area contributed by atoms with E-state index in [1.165, 1.54) is 12.0 Å². The second-order valence-electron chi connectivity index (χ2n) is 7.10. The molecule has 152 valence electrons. The van der Waals surface area contributed by atoms with Crippen LogP contribution in [0.4, 0.5) is 0 Å². The third kappa shape index (κ3) is 4.14. The number of amides is 1. The summed E-state index contributed by atoms with van der Waals surface area (Å²) in [4.78, 5) is 33.6. The maximum Gasteiger partial charge on any atom is 0.295 e. The van der Waals surface area contributed by atoms with E-state index in [1.54, 1.807) is 48.7 Å². The number of carbonyl (C=O) groups is 2. The van der Waals surface area contributed by atoms with Crippen LogP contribution in [0.1, 0.15) is 23.7 Å². The average molecular weight is 395 g/mol. The van der Waals surface area contributed by atoms with Crippen LogP contribution in [0.3, 0.4) is 0 Å². The molecule has 1 aromatic heterocycles. The second kappa shape index (κ2) is 8.87. The Labute approximate surface area is 170 Å². The number of aliphatic hydroxyl groups is 1. The van der Waals surface area contributed by atoms with Crippen molar-refractivity contribution in [3.05, 3.63) is 65.5 Å². The van der Waals surface area contributed by atoms with Crippen LogP contribution in [0.2, 0.25) is 0 Å². The molecular weight excluding hydrogens is 370 g/mol. The molecule has 1 aromatic carbocycles. The average Bonchev–Trinajstić information content (AvgIpc) is 2.98. The monoisotopic (exact) mass is 395 g/mol. The molecule has 7 nitrogen and oxygen atoms in total. The smallest absolute Gasteiger partial charge is 0.295 e. The lowest BCUT2D eigenvalue weighted by molar-refractivity contribution is -0.140. The molecule has 1 saturated heterocycles. The highest BCUT2D eigenvalue weighted by atomic mass is 16.5. The Hall–Kier alpha value is -3.19. The third-order valence-electron chi connectivity index (χ3n) is 4.87. The van der Waals surface area contributed by atoms with Gasteiger partial charge in [-0.1, -0.05) is 18.2 Å². The van der Waals surface area contributed by atoms with E-state index in [0.29, 0.717) is 30.0 Å². The first-order valence-electron chi connectivity index (χ1n) is 9.43. The first kappa shape index (κ1) is 20.5. The Morgan fingerprint density at radius 3 is 2.55 bits per heavy atom. The van der Waals surface area contributed by atoms with Gasteiger partial charge in [0.05, 0.1) is 23.9 Å². The van der Waals surface area contributed by atoms with Crippen molar-refractivity contribution in [1.29, 1.82) is 0 Å². The molecule has 0 bridgehead atoms. The minimum Gasteiger partial charge on any atom is -0.507 e. The van der Waals surface area contributed by atoms with E-state index in [9.17, 15) is 14.7 Å². The predicted molar refractivity (Wildman–Crippen MR) is 109 cm³/mol. The van der Waals surface area contributed by atoms with Crippen molar-refractivity contribution in [2.75, 3.05) is 34.3 Å². The molecule has 0 radical (unpaired) electrons. The molecule has 7 heteroatoms. The standard InChI is InChI=1S/C22H25N3O4/c1-24(2)13-8-14-25-19(16-10-6-7-12-23-16)18(21(27)22(25)28)20(26)15-9-4-5-11-17(15)29-3/h4-7,9-12,19,26H,8,13-14H2,1-3H3/b20-18-. The van der Waals surface area contributed by atoms with Gasteiger partial charge in [0.2, 0.25) is 0 Å². The van der Waals surface area contributed by atoms with Gasteiger partial charge in [0.15, 0.2) is 0 Å². The van der Waals surface area contributed by atoms with Gasteiger partial charge in [0, 0.05) is 12.7 Å². The number of aliphatic hydroxyl groups excluding tert-OH is 1. The number of hydrogen-bond acceptors (Lipinski definition) is 6. The number of Topliss-reactive ketones (excluding diaryl/α,β-unsaturated/α-hetero) is 1. The molecule has 3 rings (SSSR count). The summed E-state index contributed by atoms with van der Waals surface area (Å²) < 4.78 is 5.32. The summed E-state index contributed by atoms with van der Waals surface area (Å²) in [5.41, 5.74) is 0.929. The number of aromatic nitrogens is 1. The number of nitrogens with zero attached hydrogens (tertiary/aromatic N) is 3. The van der Waals surface area contributed by atoms with Crippen LogP contribution in [-0.4, -0.2) is 65.9 Å². The highest BCUT2D eigenvalue weighted by Gasteiger charge is 2.46. The number of carbonyl (C=O) groups excluding carboxylic acids is 2. The Morgan fingerprint density at radius 2 is 1.90 bits per heavy atom. The summed E-state index contributed by atoms with van der Waals surface area (Å²) in [5.74, 6) is -1.18. The predicted octanol–water partition coefficient (Wildman–Crippen LogP) is 2.46. The number of ether oxygens (including phenoxy) is 1. The second-order valence-corrected chi connectivity index (χ2v) is 7.10. The zero-order valence-corrected chi connectivity index (χ0v) is 16.8. The Balaban J connectivity index is 2.11. The van der Waals surface area contributed by atoms with Crippen molar-refractivity contribution in [2.45, 2.75) is 12.5 Å². The number of para-hydroxylation sites is 1. The molecular formula is C22H25N3O4. The molecule has 29 heavy (non-hydrogen) atoms. The van der Waals surface area contributed by atoms with E-state index < -0.39 is 17.7 Å². The van der Waals surface area contributed by atoms with E-state index >= 15 is 0 Å². The molecule has 2 heterocycles. The molecule has 1 aliphatic rings. The molecule has 0 saturated carbocycles. The van der Waals surface area contributed by atoms with Crippen molar-refractivity contribution in [2.24, 2.45) is 0 Å². The molecule has 1 N–H and O–H groups in total. The van der Waals surface area contributed by atoms with Crippen LogP contribution in [0.15, 0.2) is 54.2 Å². The lowest BCUT2D eigenvalue weighted by Crippen LogP contribution is -2.32. The normalized spacial score (nSPS) is 18.5. The summed E-state index contributed by atoms with van der Waals surface area (Å²) in [7, 11) is 5.39. The van der Waals surface area contributed by atoms with Crippen molar-refractivity contribution < 1.29 is 19.4 Å². The summed E-state index contributed by atoms with van der Waals surface area (Å²) in [6.45, 7) is 1.15. The molecule has 1 amide bonds. The van der Waals surface area contributed by atoms with Gasteiger partial charge in [-0.2, -0.15) is 0 Å². The number of methoxy groups -OCH3 is 1. The number of hydrogen-bond donors (Lipinski definition) is 1. The quantitative estimate of drug-likeness (QED) is 0.441. The lowest BCUT2D eigenvalue weighted by Gasteiger charge is -2.25. The van der Waals surface area contributed by atoms with Crippen molar-refractivity contribution in [1.82, 2.24) is 14.8 Å². The van der Waals surface area contributed by atoms with Crippen molar-refractivity contribution in [3.63, 3.8) is 0 Å². The van der Waals surface area contributed by atoms with E-state index in [-0.39, 0.29) is 11.3 Å². The lowest BCUT2D eigenvalue weighted by atomic mass is 9.98. The third-order valence-corrected chi connectivity index (χ3v) is 4.87. The van der Waals surface area contributed by atoms with Gasteiger partial charge in [-0.3, -0.25) is 14.6 Å². The highest BCUT2D eigenvalue weighted by molar-refractivity contribution is 6.46. The van der Waals surface area contributed by atoms with Crippen LogP contribution in [0, 0.1) is 0 Å². The summed E-state index contributed by atoms with van der Waals surface area (Å²) >= 11 is 0. The van der Waals surface area contributed by atoms with E-state index in [1.807, 2.05) is 19.0 Å². The van der Waals surface area contributed by atoms with Crippen LogP contribution < -0.4 is 4.74 Å². The maximum absolute atomic E-state index is 12.9. The number of benzene rings is 1. The van der Waals surface area contributed by atoms with Gasteiger partial charge in [-0.25, -0.2) is 0 Å². The fourth-order valence-corrected chi connectivity index (χ4v) is 3.50. The molecule has 1 aliphatic heterocycles. The minimum absolute atomic E-state index is 0.0306. The Morgan fingerprint density at radius 1 is 1.17 bits per heavy atom. The topological polar surface area (TPSA) is 83.0 Å². The van der Waals surface area contributed by atoms with Gasteiger partial charge in [-0.05, 0) is 51.3 Å². The summed E-state index contributed by atoms with van der Waals surface area (Å²) in [6, 6.07) is 11.4. The highest BCUT2D eigenvalue weighted by Crippen LogP contribution is 2.40. The maximum atomic E-state index is 12.9. The molecule has 1 atom stereocenters. The number of ketones is 1. The molecule has 0 spiro atoms. The van der Waals surface area contributed by atoms with Crippen LogP contribution in [0.5, 0.6) is 5.75 Å². The van der Waals surface area contributed by atoms with Gasteiger partial charge in [0.1, 0.15) is 17.6 Å². The number of likely N-dealkylation sites (tertiary alicyclic amines) is 1. The minimum atomic E-state index is -0.747. The zero-order valence-electron chi connectivity index (χ0n) is 16.8. The number of rotatable bonds is 7. The first-order valence-corrected chi connectivity index (χ1v) is 9.43. The SMILES string of the molecule is COc1ccccc1/C(O)=C1/C(=O)C(=O)N(CCCN(C)C)C1c1ccccn1. The first-order chi connectivity index (χ1) is 14.0. The zero-order chi connectivity index (χ0) is 21.0. The van der Waals surface area contributed by atoms with Crippen LogP contribution in [-0.2, 0) is 9.59 Å². The summed E-state index contributed by atoms with van der Waals surface area (Å²) in [5, 5.41) is 11.0. The van der Waals surface area contributed by atoms with Gasteiger partial charge in [-0.15, -0.1) is 0 Å². The fraction of sp³-hybridized carbons (Fsp3) is 0.318. The fourth-order valence-electron chi connectivity index (χ4n) is 3.50. The van der Waals surface area contributed by atoms with Crippen molar-refractivity contribution in [3.8, 4) is 5.75 Å². The van der Waals surface area contributed by atoms with Crippen molar-refractivity contribution >= 4 is 17.4 Å². The summed E-state index contributed by atoms with van der Waals surface area (Å²) in [6.07, 6.45) is 2.30. The molecule has 1 fully saturated rings. The molecule has 2 aromatic rings. The Kier molecular flexibility index (Phi) is 6.29. The molecule has 1 unspecified atom stereocenters. The van der Waals surface area contributed by atoms with Crippen LogP contribution in [0.25, 0.3) is 5.76 Å². The van der Waals surface area contributed by atoms with E-state index in [0.717, 1.165) is 6.54 Å². The van der Waals surface area contributed by atoms with E-state index in [4.69, 9.17) is 4.74 Å². The van der Waals surface area contributed by atoms with Gasteiger partial charge >= 0.3 is 0 Å².